The predicted octanol–water partition coefficient (Wildman–Crippen LogP) is 4.67. The molecule has 0 spiro atoms. The summed E-state index contributed by atoms with van der Waals surface area (Å²) in [6.07, 6.45) is 1.58. The zero-order valence-corrected chi connectivity index (χ0v) is 11.7. The lowest BCUT2D eigenvalue weighted by Gasteiger charge is -1.94. The summed E-state index contributed by atoms with van der Waals surface area (Å²) < 4.78 is 18.2. The first-order valence-electron chi connectivity index (χ1n) is 5.73. The number of benzene rings is 1. The fourth-order valence-electron chi connectivity index (χ4n) is 1.63. The first-order valence-corrected chi connectivity index (χ1v) is 6.99. The Morgan fingerprint density at radius 3 is 2.95 bits per heavy atom. The molecule has 3 nitrogen and oxygen atoms in total. The van der Waals surface area contributed by atoms with Crippen molar-refractivity contribution < 1.29 is 8.91 Å². The van der Waals surface area contributed by atoms with Crippen molar-refractivity contribution in [3.8, 4) is 10.7 Å². The summed E-state index contributed by atoms with van der Waals surface area (Å²) >= 11 is 7.62. The zero-order chi connectivity index (χ0) is 13.9. The van der Waals surface area contributed by atoms with Crippen molar-refractivity contribution in [3.05, 3.63) is 59.0 Å². The highest BCUT2D eigenvalue weighted by Gasteiger charge is 2.12. The SMILES string of the molecule is Fc1cccc(/C=C(\Cl)c2nc(-c3cccs3)no2)c1. The standard InChI is InChI=1S/C14H8ClFN2OS/c15-11(8-9-3-1-4-10(16)7-9)14-17-13(18-19-14)12-5-2-6-20-12/h1-8H/b11-8-. The average molecular weight is 307 g/mol. The predicted molar refractivity (Wildman–Crippen MR) is 77.7 cm³/mol. The molecule has 0 unspecified atom stereocenters. The summed E-state index contributed by atoms with van der Waals surface area (Å²) in [5, 5.41) is 6.06. The monoisotopic (exact) mass is 306 g/mol. The Morgan fingerprint density at radius 2 is 2.20 bits per heavy atom. The van der Waals surface area contributed by atoms with Crippen LogP contribution in [0.2, 0.25) is 0 Å². The van der Waals surface area contributed by atoms with Gasteiger partial charge in [-0.3, -0.25) is 0 Å². The number of aromatic nitrogens is 2. The van der Waals surface area contributed by atoms with Crippen LogP contribution in [0.5, 0.6) is 0 Å². The van der Waals surface area contributed by atoms with E-state index in [0.29, 0.717) is 11.4 Å². The van der Waals surface area contributed by atoms with Crippen molar-refractivity contribution in [2.24, 2.45) is 0 Å². The van der Waals surface area contributed by atoms with Crippen LogP contribution >= 0.6 is 22.9 Å². The maximum absolute atomic E-state index is 13.1. The lowest BCUT2D eigenvalue weighted by molar-refractivity contribution is 0.410. The summed E-state index contributed by atoms with van der Waals surface area (Å²) in [5.41, 5.74) is 0.630. The zero-order valence-electron chi connectivity index (χ0n) is 10.1. The third kappa shape index (κ3) is 2.79. The second-order valence-corrected chi connectivity index (χ2v) is 5.30. The highest BCUT2D eigenvalue weighted by molar-refractivity contribution is 7.13. The van der Waals surface area contributed by atoms with Crippen LogP contribution < -0.4 is 0 Å². The van der Waals surface area contributed by atoms with E-state index in [-0.39, 0.29) is 16.7 Å². The fraction of sp³-hybridized carbons (Fsp3) is 0. The number of hydrogen-bond acceptors (Lipinski definition) is 4. The van der Waals surface area contributed by atoms with Crippen LogP contribution in [0, 0.1) is 5.82 Å². The van der Waals surface area contributed by atoms with Crippen molar-refractivity contribution in [1.29, 1.82) is 0 Å². The quantitative estimate of drug-likeness (QED) is 0.705. The van der Waals surface area contributed by atoms with E-state index in [2.05, 4.69) is 10.1 Å². The van der Waals surface area contributed by atoms with Gasteiger partial charge in [0.05, 0.1) is 4.88 Å². The molecule has 0 saturated heterocycles. The molecule has 0 atom stereocenters. The molecule has 0 aliphatic carbocycles. The molecule has 6 heteroatoms. The van der Waals surface area contributed by atoms with Gasteiger partial charge in [-0.05, 0) is 35.2 Å². The normalized spacial score (nSPS) is 11.8. The molecule has 0 saturated carbocycles. The van der Waals surface area contributed by atoms with Gasteiger partial charge in [0.2, 0.25) is 5.82 Å². The van der Waals surface area contributed by atoms with Gasteiger partial charge >= 0.3 is 0 Å². The lowest BCUT2D eigenvalue weighted by atomic mass is 10.2. The maximum atomic E-state index is 13.1. The average Bonchev–Trinajstić information content (AvgIpc) is 3.10. The molecule has 1 aromatic carbocycles. The molecule has 0 bridgehead atoms. The first kappa shape index (κ1) is 13.0. The molecule has 100 valence electrons. The lowest BCUT2D eigenvalue weighted by Crippen LogP contribution is -1.80. The van der Waals surface area contributed by atoms with Gasteiger partial charge in [0, 0.05) is 0 Å². The van der Waals surface area contributed by atoms with E-state index in [9.17, 15) is 4.39 Å². The van der Waals surface area contributed by atoms with Crippen LogP contribution in [0.15, 0.2) is 46.3 Å². The summed E-state index contributed by atoms with van der Waals surface area (Å²) in [6, 6.07) is 9.88. The second kappa shape index (κ2) is 5.56. The Kier molecular flexibility index (Phi) is 3.62. The molecule has 0 aliphatic rings. The Hall–Kier alpha value is -1.98. The van der Waals surface area contributed by atoms with Gasteiger partial charge in [0.15, 0.2) is 0 Å². The number of thiophene rings is 1. The second-order valence-electron chi connectivity index (χ2n) is 3.95. The van der Waals surface area contributed by atoms with Gasteiger partial charge in [-0.15, -0.1) is 11.3 Å². The molecular weight excluding hydrogens is 299 g/mol. The van der Waals surface area contributed by atoms with Crippen molar-refractivity contribution in [1.82, 2.24) is 10.1 Å². The summed E-state index contributed by atoms with van der Waals surface area (Å²) in [7, 11) is 0. The Balaban J connectivity index is 1.89. The minimum absolute atomic E-state index is 0.208. The van der Waals surface area contributed by atoms with Gasteiger partial charge in [-0.1, -0.05) is 35.0 Å². The van der Waals surface area contributed by atoms with Crippen LogP contribution in [0.25, 0.3) is 21.8 Å². The number of nitrogens with zero attached hydrogens (tertiary/aromatic N) is 2. The highest BCUT2D eigenvalue weighted by atomic mass is 35.5. The minimum atomic E-state index is -0.326. The smallest absolute Gasteiger partial charge is 0.269 e. The van der Waals surface area contributed by atoms with Crippen molar-refractivity contribution >= 4 is 34.0 Å². The molecule has 20 heavy (non-hydrogen) atoms. The molecular formula is C14H8ClFN2OS. The Morgan fingerprint density at radius 1 is 1.30 bits per heavy atom. The van der Waals surface area contributed by atoms with E-state index in [0.717, 1.165) is 4.88 Å². The Labute approximate surface area is 123 Å². The van der Waals surface area contributed by atoms with Crippen molar-refractivity contribution in [2.45, 2.75) is 0 Å². The molecule has 3 rings (SSSR count). The number of hydrogen-bond donors (Lipinski definition) is 0. The van der Waals surface area contributed by atoms with Crippen molar-refractivity contribution in [3.63, 3.8) is 0 Å². The van der Waals surface area contributed by atoms with Gasteiger partial charge in [0.1, 0.15) is 10.8 Å². The molecule has 0 radical (unpaired) electrons. The van der Waals surface area contributed by atoms with E-state index >= 15 is 0 Å². The van der Waals surface area contributed by atoms with E-state index < -0.39 is 0 Å². The number of rotatable bonds is 3. The molecule has 0 amide bonds. The molecule has 0 fully saturated rings. The van der Waals surface area contributed by atoms with Gasteiger partial charge in [-0.2, -0.15) is 4.98 Å². The number of halogens is 2. The van der Waals surface area contributed by atoms with E-state index in [4.69, 9.17) is 16.1 Å². The molecule has 0 aliphatic heterocycles. The van der Waals surface area contributed by atoms with Crippen LogP contribution in [-0.2, 0) is 0 Å². The first-order chi connectivity index (χ1) is 9.72. The maximum Gasteiger partial charge on any atom is 0.269 e. The largest absolute Gasteiger partial charge is 0.333 e. The molecule has 0 N–H and O–H groups in total. The third-order valence-corrected chi connectivity index (χ3v) is 3.65. The molecule has 3 aromatic rings. The summed E-state index contributed by atoms with van der Waals surface area (Å²) in [6.45, 7) is 0. The minimum Gasteiger partial charge on any atom is -0.333 e. The van der Waals surface area contributed by atoms with Crippen LogP contribution in [0.3, 0.4) is 0 Å². The van der Waals surface area contributed by atoms with Crippen LogP contribution in [0.4, 0.5) is 4.39 Å². The summed E-state index contributed by atoms with van der Waals surface area (Å²) in [5.74, 6) is 0.369. The topological polar surface area (TPSA) is 38.9 Å². The molecule has 2 aromatic heterocycles. The van der Waals surface area contributed by atoms with Crippen molar-refractivity contribution in [2.75, 3.05) is 0 Å². The van der Waals surface area contributed by atoms with E-state index in [1.165, 1.54) is 23.5 Å². The Bertz CT molecular complexity index is 752. The highest BCUT2D eigenvalue weighted by Crippen LogP contribution is 2.26. The molecule has 2 heterocycles. The van der Waals surface area contributed by atoms with Gasteiger partial charge in [-0.25, -0.2) is 4.39 Å². The van der Waals surface area contributed by atoms with E-state index in [1.807, 2.05) is 17.5 Å². The third-order valence-electron chi connectivity index (χ3n) is 2.51. The summed E-state index contributed by atoms with van der Waals surface area (Å²) in [4.78, 5) is 5.11. The van der Waals surface area contributed by atoms with Gasteiger partial charge in [0.25, 0.3) is 5.89 Å². The van der Waals surface area contributed by atoms with Crippen LogP contribution in [-0.4, -0.2) is 10.1 Å². The van der Waals surface area contributed by atoms with Crippen LogP contribution in [0.1, 0.15) is 11.5 Å². The van der Waals surface area contributed by atoms with E-state index in [1.54, 1.807) is 18.2 Å². The fourth-order valence-corrected chi connectivity index (χ4v) is 2.48. The van der Waals surface area contributed by atoms with Gasteiger partial charge < -0.3 is 4.52 Å².